The summed E-state index contributed by atoms with van der Waals surface area (Å²) >= 11 is 5.82. The van der Waals surface area contributed by atoms with Gasteiger partial charge in [-0.1, -0.05) is 11.6 Å². The van der Waals surface area contributed by atoms with Gasteiger partial charge in [0.15, 0.2) is 0 Å². The number of carbonyl (C=O) groups is 1. The third-order valence-corrected chi connectivity index (χ3v) is 3.56. The highest BCUT2D eigenvalue weighted by molar-refractivity contribution is 7.90. The van der Waals surface area contributed by atoms with Crippen LogP contribution in [0, 0.1) is 0 Å². The molecule has 7 heteroatoms. The quantitative estimate of drug-likeness (QED) is 0.890. The van der Waals surface area contributed by atoms with Crippen molar-refractivity contribution in [1.82, 2.24) is 0 Å². The van der Waals surface area contributed by atoms with Crippen molar-refractivity contribution >= 4 is 33.1 Å². The molecule has 1 N–H and O–H groups in total. The smallest absolute Gasteiger partial charge is 0.337 e. The molecule has 0 spiro atoms. The van der Waals surface area contributed by atoms with Crippen LogP contribution in [-0.2, 0) is 9.84 Å². The number of carboxylic acids is 1. The number of hydrogen-bond acceptors (Lipinski definition) is 4. The highest BCUT2D eigenvalue weighted by Crippen LogP contribution is 2.24. The maximum Gasteiger partial charge on any atom is 0.337 e. The van der Waals surface area contributed by atoms with E-state index < -0.39 is 15.8 Å². The maximum atomic E-state index is 11.1. The van der Waals surface area contributed by atoms with Crippen molar-refractivity contribution in [3.8, 4) is 0 Å². The van der Waals surface area contributed by atoms with Gasteiger partial charge in [0.05, 0.1) is 17.0 Å². The Morgan fingerprint density at radius 2 is 2.06 bits per heavy atom. The third kappa shape index (κ3) is 4.19. The number of hydrogen-bond donors (Lipinski definition) is 1. The summed E-state index contributed by atoms with van der Waals surface area (Å²) in [6, 6.07) is 4.39. The van der Waals surface area contributed by atoms with Crippen molar-refractivity contribution in [1.29, 1.82) is 0 Å². The van der Waals surface area contributed by atoms with Gasteiger partial charge in [0.25, 0.3) is 0 Å². The SMILES string of the molecule is CN(CCS(C)(=O)=O)c1cc(Cl)ccc1C(=O)O. The molecule has 100 valence electrons. The molecule has 0 aliphatic rings. The summed E-state index contributed by atoms with van der Waals surface area (Å²) in [6.45, 7) is 0.208. The predicted octanol–water partition coefficient (Wildman–Crippen LogP) is 1.52. The first-order valence-electron chi connectivity index (χ1n) is 5.12. The Labute approximate surface area is 111 Å². The molecule has 0 aromatic heterocycles. The number of rotatable bonds is 5. The van der Waals surface area contributed by atoms with Gasteiger partial charge in [-0.3, -0.25) is 0 Å². The van der Waals surface area contributed by atoms with E-state index in [4.69, 9.17) is 16.7 Å². The van der Waals surface area contributed by atoms with Crippen LogP contribution in [0.5, 0.6) is 0 Å². The molecule has 1 rings (SSSR count). The zero-order valence-electron chi connectivity index (χ0n) is 10.1. The van der Waals surface area contributed by atoms with Crippen LogP contribution in [-0.4, -0.2) is 45.1 Å². The van der Waals surface area contributed by atoms with Gasteiger partial charge in [0, 0.05) is 24.9 Å². The molecular formula is C11H14ClNO4S. The molecule has 5 nitrogen and oxygen atoms in total. The first kappa shape index (κ1) is 14.8. The summed E-state index contributed by atoms with van der Waals surface area (Å²) < 4.78 is 22.2. The lowest BCUT2D eigenvalue weighted by atomic mass is 10.1. The van der Waals surface area contributed by atoms with Crippen LogP contribution in [0.1, 0.15) is 10.4 Å². The molecule has 0 bridgehead atoms. The normalized spacial score (nSPS) is 11.3. The Morgan fingerprint density at radius 3 is 2.56 bits per heavy atom. The fraction of sp³-hybridized carbons (Fsp3) is 0.364. The van der Waals surface area contributed by atoms with E-state index in [2.05, 4.69) is 0 Å². The first-order valence-corrected chi connectivity index (χ1v) is 7.56. The Balaban J connectivity index is 3.00. The monoisotopic (exact) mass is 291 g/mol. The average Bonchev–Trinajstić information content (AvgIpc) is 2.24. The first-order chi connectivity index (χ1) is 8.20. The largest absolute Gasteiger partial charge is 0.478 e. The Morgan fingerprint density at radius 1 is 1.44 bits per heavy atom. The van der Waals surface area contributed by atoms with Crippen molar-refractivity contribution in [3.63, 3.8) is 0 Å². The summed E-state index contributed by atoms with van der Waals surface area (Å²) in [5.41, 5.74) is 0.494. The molecule has 1 aromatic carbocycles. The van der Waals surface area contributed by atoms with Gasteiger partial charge in [-0.25, -0.2) is 13.2 Å². The second-order valence-electron chi connectivity index (χ2n) is 4.02. The Kier molecular flexibility index (Phi) is 4.59. The second-order valence-corrected chi connectivity index (χ2v) is 6.71. The van der Waals surface area contributed by atoms with Crippen molar-refractivity contribution < 1.29 is 18.3 Å². The molecular weight excluding hydrogens is 278 g/mol. The number of aromatic carboxylic acids is 1. The topological polar surface area (TPSA) is 74.7 Å². The van der Waals surface area contributed by atoms with E-state index in [1.807, 2.05) is 0 Å². The Bertz CT molecular complexity index is 556. The highest BCUT2D eigenvalue weighted by atomic mass is 35.5. The van der Waals surface area contributed by atoms with E-state index in [9.17, 15) is 13.2 Å². The summed E-state index contributed by atoms with van der Waals surface area (Å²) in [6.07, 6.45) is 1.14. The fourth-order valence-corrected chi connectivity index (χ4v) is 2.20. The van der Waals surface area contributed by atoms with Crippen LogP contribution >= 0.6 is 11.6 Å². The zero-order chi connectivity index (χ0) is 13.9. The molecule has 18 heavy (non-hydrogen) atoms. The molecule has 0 saturated carbocycles. The van der Waals surface area contributed by atoms with Gasteiger partial charge >= 0.3 is 5.97 Å². The summed E-state index contributed by atoms with van der Waals surface area (Å²) in [5, 5.41) is 9.45. The van der Waals surface area contributed by atoms with Crippen molar-refractivity contribution in [2.75, 3.05) is 30.5 Å². The van der Waals surface area contributed by atoms with Crippen LogP contribution in [0.15, 0.2) is 18.2 Å². The minimum atomic E-state index is -3.09. The van der Waals surface area contributed by atoms with Gasteiger partial charge in [0.1, 0.15) is 9.84 Å². The zero-order valence-corrected chi connectivity index (χ0v) is 11.6. The van der Waals surface area contributed by atoms with Crippen molar-refractivity contribution in [2.45, 2.75) is 0 Å². The standard InChI is InChI=1S/C11H14ClNO4S/c1-13(5-6-18(2,16)17)10-7-8(12)3-4-9(10)11(14)15/h3-4,7H,5-6H2,1-2H3,(H,14,15). The van der Waals surface area contributed by atoms with Gasteiger partial charge < -0.3 is 10.0 Å². The lowest BCUT2D eigenvalue weighted by Gasteiger charge is -2.21. The third-order valence-electron chi connectivity index (χ3n) is 2.40. The Hall–Kier alpha value is -1.27. The molecule has 0 aliphatic carbocycles. The maximum absolute atomic E-state index is 11.1. The molecule has 0 heterocycles. The number of anilines is 1. The lowest BCUT2D eigenvalue weighted by Crippen LogP contribution is -2.26. The van der Waals surface area contributed by atoms with Crippen LogP contribution in [0.4, 0.5) is 5.69 Å². The van der Waals surface area contributed by atoms with Gasteiger partial charge in [-0.05, 0) is 18.2 Å². The summed E-state index contributed by atoms with van der Waals surface area (Å²) in [4.78, 5) is 12.6. The lowest BCUT2D eigenvalue weighted by molar-refractivity contribution is 0.0697. The fourth-order valence-electron chi connectivity index (χ4n) is 1.42. The minimum absolute atomic E-state index is 0.0466. The number of carboxylic acid groups (broad SMARTS) is 1. The molecule has 0 aliphatic heterocycles. The molecule has 0 fully saturated rings. The van der Waals surface area contributed by atoms with Crippen LogP contribution in [0.2, 0.25) is 5.02 Å². The van der Waals surface area contributed by atoms with Crippen molar-refractivity contribution in [3.05, 3.63) is 28.8 Å². The molecule has 0 amide bonds. The second kappa shape index (κ2) is 5.58. The molecule has 1 aromatic rings. The van der Waals surface area contributed by atoms with Crippen LogP contribution in [0.3, 0.4) is 0 Å². The van der Waals surface area contributed by atoms with E-state index in [1.165, 1.54) is 18.2 Å². The summed E-state index contributed by atoms with van der Waals surface area (Å²) in [7, 11) is -1.46. The average molecular weight is 292 g/mol. The van der Waals surface area contributed by atoms with Crippen LogP contribution in [0.25, 0.3) is 0 Å². The van der Waals surface area contributed by atoms with E-state index >= 15 is 0 Å². The molecule has 0 saturated heterocycles. The van der Waals surface area contributed by atoms with Gasteiger partial charge in [0.2, 0.25) is 0 Å². The minimum Gasteiger partial charge on any atom is -0.478 e. The molecule has 0 unspecified atom stereocenters. The summed E-state index contributed by atoms with van der Waals surface area (Å²) in [5.74, 6) is -1.12. The molecule has 0 atom stereocenters. The van der Waals surface area contributed by atoms with Crippen molar-refractivity contribution in [2.24, 2.45) is 0 Å². The van der Waals surface area contributed by atoms with E-state index in [0.717, 1.165) is 6.26 Å². The van der Waals surface area contributed by atoms with Gasteiger partial charge in [-0.15, -0.1) is 0 Å². The van der Waals surface area contributed by atoms with Crippen LogP contribution < -0.4 is 4.90 Å². The van der Waals surface area contributed by atoms with E-state index in [0.29, 0.717) is 10.7 Å². The number of nitrogens with zero attached hydrogens (tertiary/aromatic N) is 1. The number of halogens is 1. The highest BCUT2D eigenvalue weighted by Gasteiger charge is 2.15. The van der Waals surface area contributed by atoms with E-state index in [1.54, 1.807) is 11.9 Å². The molecule has 0 radical (unpaired) electrons. The van der Waals surface area contributed by atoms with Gasteiger partial charge in [-0.2, -0.15) is 0 Å². The van der Waals surface area contributed by atoms with E-state index in [-0.39, 0.29) is 17.9 Å². The number of sulfone groups is 1. The predicted molar refractivity (Wildman–Crippen MR) is 71.4 cm³/mol. The number of benzene rings is 1.